The lowest BCUT2D eigenvalue weighted by Gasteiger charge is -2.09. The van der Waals surface area contributed by atoms with Crippen molar-refractivity contribution in [2.45, 2.75) is 0 Å². The maximum Gasteiger partial charge on any atom is 0.282 e. The Morgan fingerprint density at radius 2 is 1.97 bits per heavy atom. The average Bonchev–Trinajstić information content (AvgIpc) is 3.22. The van der Waals surface area contributed by atoms with Crippen LogP contribution in [0.3, 0.4) is 0 Å². The molecule has 4 rings (SSSR count). The average molecular weight is 527 g/mol. The van der Waals surface area contributed by atoms with E-state index in [9.17, 15) is 14.9 Å². The number of benzene rings is 3. The molecule has 33 heavy (non-hydrogen) atoms. The van der Waals surface area contributed by atoms with E-state index in [0.717, 1.165) is 10.0 Å². The van der Waals surface area contributed by atoms with Crippen molar-refractivity contribution >= 4 is 61.6 Å². The summed E-state index contributed by atoms with van der Waals surface area (Å²) in [5.41, 5.74) is 2.08. The van der Waals surface area contributed by atoms with E-state index in [4.69, 9.17) is 21.4 Å². The molecule has 166 valence electrons. The summed E-state index contributed by atoms with van der Waals surface area (Å²) in [5, 5.41) is 16.5. The fourth-order valence-electron chi connectivity index (χ4n) is 3.09. The number of hydrogen-bond donors (Lipinski definition) is 2. The van der Waals surface area contributed by atoms with E-state index in [0.29, 0.717) is 28.4 Å². The van der Waals surface area contributed by atoms with Gasteiger partial charge in [-0.25, -0.2) is 4.98 Å². The van der Waals surface area contributed by atoms with Crippen molar-refractivity contribution in [2.75, 3.05) is 12.4 Å². The van der Waals surface area contributed by atoms with E-state index >= 15 is 0 Å². The van der Waals surface area contributed by atoms with Gasteiger partial charge in [0.25, 0.3) is 11.6 Å². The largest absolute Gasteiger partial charge is 0.496 e. The number of ether oxygens (including phenoxy) is 1. The molecule has 3 aromatic carbocycles. The normalized spacial score (nSPS) is 10.6. The highest BCUT2D eigenvalue weighted by Gasteiger charge is 2.20. The predicted molar refractivity (Wildman–Crippen MR) is 130 cm³/mol. The van der Waals surface area contributed by atoms with E-state index in [1.54, 1.807) is 31.4 Å². The third kappa shape index (κ3) is 4.83. The Kier molecular flexibility index (Phi) is 6.33. The number of carbonyl (C=O) groups is 1. The van der Waals surface area contributed by atoms with Gasteiger partial charge in [0, 0.05) is 17.3 Å². The summed E-state index contributed by atoms with van der Waals surface area (Å²) in [6, 6.07) is 16.3. The van der Waals surface area contributed by atoms with Crippen LogP contribution in [-0.4, -0.2) is 28.0 Å². The number of rotatable bonds is 5. The molecule has 1 amide bonds. The number of oxazole rings is 1. The number of nitrogens with one attached hydrogen (secondary N) is 2. The molecule has 0 aliphatic heterocycles. The first kappa shape index (κ1) is 22.4. The van der Waals surface area contributed by atoms with Crippen LogP contribution < -0.4 is 15.4 Å². The molecule has 0 fully saturated rings. The number of halogens is 1. The van der Waals surface area contributed by atoms with E-state index in [-0.39, 0.29) is 16.4 Å². The standard InChI is InChI=1S/C22H15BrN4O5S/c1-31-18-8-6-12(10-15(18)23)21-25-16-11-13(7-9-19(16)32-21)24-22(33)26-20(28)14-4-2-3-5-17(14)27(29)30/h2-11H,1H3,(H2,24,26,28,33). The summed E-state index contributed by atoms with van der Waals surface area (Å²) in [6.45, 7) is 0. The van der Waals surface area contributed by atoms with Gasteiger partial charge < -0.3 is 14.5 Å². The Hall–Kier alpha value is -3.83. The second-order valence-corrected chi connectivity index (χ2v) is 8.00. The molecule has 0 spiro atoms. The van der Waals surface area contributed by atoms with E-state index in [1.165, 1.54) is 24.3 Å². The van der Waals surface area contributed by atoms with Gasteiger partial charge in [0.1, 0.15) is 16.8 Å². The van der Waals surface area contributed by atoms with Crippen LogP contribution in [0.4, 0.5) is 11.4 Å². The predicted octanol–water partition coefficient (Wildman–Crippen LogP) is 5.30. The molecule has 2 N–H and O–H groups in total. The molecule has 0 saturated carbocycles. The highest BCUT2D eigenvalue weighted by Crippen LogP contribution is 2.32. The monoisotopic (exact) mass is 526 g/mol. The molecule has 0 aliphatic rings. The van der Waals surface area contributed by atoms with E-state index in [2.05, 4.69) is 31.5 Å². The Balaban J connectivity index is 1.50. The van der Waals surface area contributed by atoms with Gasteiger partial charge in [-0.3, -0.25) is 20.2 Å². The number of nitro groups is 1. The van der Waals surface area contributed by atoms with Crippen LogP contribution in [0.25, 0.3) is 22.6 Å². The lowest BCUT2D eigenvalue weighted by atomic mass is 10.1. The first-order chi connectivity index (χ1) is 15.9. The number of hydrogen-bond acceptors (Lipinski definition) is 7. The minimum atomic E-state index is -0.685. The number of methoxy groups -OCH3 is 1. The third-order valence-electron chi connectivity index (χ3n) is 4.62. The molecule has 0 saturated heterocycles. The van der Waals surface area contributed by atoms with E-state index in [1.807, 2.05) is 12.1 Å². The number of fused-ring (bicyclic) bond motifs is 1. The Bertz CT molecular complexity index is 1400. The quantitative estimate of drug-likeness (QED) is 0.204. The molecule has 9 nitrogen and oxygen atoms in total. The number of thiocarbonyl (C=S) groups is 1. The van der Waals surface area contributed by atoms with Gasteiger partial charge in [-0.15, -0.1) is 0 Å². The van der Waals surface area contributed by atoms with Crippen LogP contribution in [-0.2, 0) is 0 Å². The maximum atomic E-state index is 12.4. The van der Waals surface area contributed by atoms with Crippen molar-refractivity contribution in [3.8, 4) is 17.2 Å². The lowest BCUT2D eigenvalue weighted by Crippen LogP contribution is -2.34. The zero-order valence-corrected chi connectivity index (χ0v) is 19.4. The number of amides is 1. The maximum absolute atomic E-state index is 12.4. The Morgan fingerprint density at radius 1 is 1.18 bits per heavy atom. The number of para-hydroxylation sites is 1. The summed E-state index contributed by atoms with van der Waals surface area (Å²) in [6.07, 6.45) is 0. The van der Waals surface area contributed by atoms with Gasteiger partial charge in [-0.2, -0.15) is 0 Å². The van der Waals surface area contributed by atoms with Gasteiger partial charge in [-0.05, 0) is 70.6 Å². The number of carbonyl (C=O) groups excluding carboxylic acids is 1. The fraction of sp³-hybridized carbons (Fsp3) is 0.0455. The minimum Gasteiger partial charge on any atom is -0.496 e. The second-order valence-electron chi connectivity index (χ2n) is 6.73. The number of aromatic nitrogens is 1. The molecule has 0 atom stereocenters. The molecule has 0 aliphatic carbocycles. The highest BCUT2D eigenvalue weighted by atomic mass is 79.9. The van der Waals surface area contributed by atoms with Crippen molar-refractivity contribution in [2.24, 2.45) is 0 Å². The number of nitro benzene ring substituents is 1. The Morgan fingerprint density at radius 3 is 2.70 bits per heavy atom. The molecule has 1 heterocycles. The van der Waals surface area contributed by atoms with Crippen molar-refractivity contribution in [3.63, 3.8) is 0 Å². The molecular weight excluding hydrogens is 512 g/mol. The summed E-state index contributed by atoms with van der Waals surface area (Å²) < 4.78 is 11.8. The molecular formula is C22H15BrN4O5S. The van der Waals surface area contributed by atoms with Gasteiger partial charge in [-0.1, -0.05) is 12.1 Å². The molecule has 0 bridgehead atoms. The molecule has 11 heteroatoms. The number of anilines is 1. The summed E-state index contributed by atoms with van der Waals surface area (Å²) in [5.74, 6) is 0.435. The first-order valence-electron chi connectivity index (χ1n) is 9.46. The second kappa shape index (κ2) is 9.35. The molecule has 4 aromatic rings. The lowest BCUT2D eigenvalue weighted by molar-refractivity contribution is -0.385. The van der Waals surface area contributed by atoms with Crippen molar-refractivity contribution < 1.29 is 18.9 Å². The SMILES string of the molecule is COc1ccc(-c2nc3cc(NC(=S)NC(=O)c4ccccc4[N+](=O)[O-])ccc3o2)cc1Br. The fourth-order valence-corrected chi connectivity index (χ4v) is 3.84. The van der Waals surface area contributed by atoms with Crippen LogP contribution in [0, 0.1) is 10.1 Å². The highest BCUT2D eigenvalue weighted by molar-refractivity contribution is 9.10. The zero-order chi connectivity index (χ0) is 23.5. The van der Waals surface area contributed by atoms with Gasteiger partial charge in [0.2, 0.25) is 5.89 Å². The first-order valence-corrected chi connectivity index (χ1v) is 10.7. The van der Waals surface area contributed by atoms with Gasteiger partial charge in [0.15, 0.2) is 10.7 Å². The van der Waals surface area contributed by atoms with Gasteiger partial charge in [0.05, 0.1) is 16.5 Å². The molecule has 0 radical (unpaired) electrons. The topological polar surface area (TPSA) is 120 Å². The third-order valence-corrected chi connectivity index (χ3v) is 5.44. The smallest absolute Gasteiger partial charge is 0.282 e. The minimum absolute atomic E-state index is 0.0136. The van der Waals surface area contributed by atoms with Crippen molar-refractivity contribution in [3.05, 3.63) is 80.8 Å². The summed E-state index contributed by atoms with van der Waals surface area (Å²) in [7, 11) is 1.59. The van der Waals surface area contributed by atoms with Crippen LogP contribution in [0.15, 0.2) is 69.6 Å². The van der Waals surface area contributed by atoms with Crippen LogP contribution in [0.1, 0.15) is 10.4 Å². The van der Waals surface area contributed by atoms with E-state index < -0.39 is 10.8 Å². The van der Waals surface area contributed by atoms with Crippen LogP contribution in [0.5, 0.6) is 5.75 Å². The van der Waals surface area contributed by atoms with Crippen LogP contribution in [0.2, 0.25) is 0 Å². The van der Waals surface area contributed by atoms with Crippen molar-refractivity contribution in [1.82, 2.24) is 10.3 Å². The van der Waals surface area contributed by atoms with Gasteiger partial charge >= 0.3 is 0 Å². The summed E-state index contributed by atoms with van der Waals surface area (Å²) >= 11 is 8.64. The summed E-state index contributed by atoms with van der Waals surface area (Å²) in [4.78, 5) is 27.5. The number of nitrogens with zero attached hydrogens (tertiary/aromatic N) is 2. The van der Waals surface area contributed by atoms with Crippen LogP contribution >= 0.6 is 28.1 Å². The Labute approximate surface area is 201 Å². The zero-order valence-electron chi connectivity index (χ0n) is 17.0. The molecule has 1 aromatic heterocycles. The molecule has 0 unspecified atom stereocenters. The van der Waals surface area contributed by atoms with Crippen molar-refractivity contribution in [1.29, 1.82) is 0 Å².